The van der Waals surface area contributed by atoms with Crippen LogP contribution in [0.4, 0.5) is 11.6 Å². The van der Waals surface area contributed by atoms with Crippen molar-refractivity contribution < 1.29 is 0 Å². The number of anilines is 2. The Balaban J connectivity index is 1.92. The molecule has 1 saturated carbocycles. The van der Waals surface area contributed by atoms with Gasteiger partial charge in [-0.3, -0.25) is 0 Å². The zero-order valence-electron chi connectivity index (χ0n) is 11.0. The largest absolute Gasteiger partial charge is 0.373 e. The van der Waals surface area contributed by atoms with Crippen LogP contribution in [0.3, 0.4) is 0 Å². The minimum Gasteiger partial charge on any atom is -0.373 e. The molecule has 0 atom stereocenters. The van der Waals surface area contributed by atoms with E-state index in [4.69, 9.17) is 0 Å². The van der Waals surface area contributed by atoms with E-state index >= 15 is 0 Å². The molecule has 1 aromatic heterocycles. The first-order valence-corrected chi connectivity index (χ1v) is 6.35. The second-order valence-corrected chi connectivity index (χ2v) is 5.51. The SMILES string of the molecule is CNc1cc(NCC(C)(C)C2CCC2)ncn1. The van der Waals surface area contributed by atoms with Crippen molar-refractivity contribution in [2.45, 2.75) is 33.1 Å². The topological polar surface area (TPSA) is 49.8 Å². The quantitative estimate of drug-likeness (QED) is 0.822. The van der Waals surface area contributed by atoms with E-state index in [2.05, 4.69) is 34.4 Å². The van der Waals surface area contributed by atoms with Gasteiger partial charge in [0.25, 0.3) is 0 Å². The van der Waals surface area contributed by atoms with Crippen LogP contribution in [-0.4, -0.2) is 23.6 Å². The first-order chi connectivity index (χ1) is 8.12. The molecule has 0 aliphatic heterocycles. The number of nitrogens with zero attached hydrogens (tertiary/aromatic N) is 2. The molecule has 0 unspecified atom stereocenters. The number of aromatic nitrogens is 2. The molecule has 1 fully saturated rings. The molecular weight excluding hydrogens is 212 g/mol. The predicted octanol–water partition coefficient (Wildman–Crippen LogP) is 2.76. The van der Waals surface area contributed by atoms with Crippen LogP contribution in [0.2, 0.25) is 0 Å². The molecule has 1 aliphatic rings. The number of hydrogen-bond donors (Lipinski definition) is 2. The Morgan fingerprint density at radius 3 is 2.59 bits per heavy atom. The highest BCUT2D eigenvalue weighted by Gasteiger charge is 2.33. The average molecular weight is 234 g/mol. The summed E-state index contributed by atoms with van der Waals surface area (Å²) in [5.41, 5.74) is 0.350. The highest BCUT2D eigenvalue weighted by Crippen LogP contribution is 2.41. The molecule has 1 aromatic rings. The lowest BCUT2D eigenvalue weighted by molar-refractivity contribution is 0.134. The van der Waals surface area contributed by atoms with Crippen LogP contribution in [0.5, 0.6) is 0 Å². The van der Waals surface area contributed by atoms with Crippen molar-refractivity contribution in [3.8, 4) is 0 Å². The summed E-state index contributed by atoms with van der Waals surface area (Å²) in [5.74, 6) is 2.61. The van der Waals surface area contributed by atoms with Crippen LogP contribution in [-0.2, 0) is 0 Å². The first kappa shape index (κ1) is 12.1. The zero-order chi connectivity index (χ0) is 12.3. The number of rotatable bonds is 5. The summed E-state index contributed by atoms with van der Waals surface area (Å²) in [6, 6.07) is 1.94. The fourth-order valence-electron chi connectivity index (χ4n) is 2.24. The van der Waals surface area contributed by atoms with E-state index in [0.29, 0.717) is 5.41 Å². The van der Waals surface area contributed by atoms with Crippen LogP contribution in [0, 0.1) is 11.3 Å². The van der Waals surface area contributed by atoms with E-state index < -0.39 is 0 Å². The van der Waals surface area contributed by atoms with Gasteiger partial charge in [0.15, 0.2) is 0 Å². The van der Waals surface area contributed by atoms with Gasteiger partial charge in [-0.05, 0) is 24.2 Å². The van der Waals surface area contributed by atoms with Crippen LogP contribution < -0.4 is 10.6 Å². The molecule has 1 aliphatic carbocycles. The van der Waals surface area contributed by atoms with E-state index in [9.17, 15) is 0 Å². The summed E-state index contributed by atoms with van der Waals surface area (Å²) in [4.78, 5) is 8.33. The molecule has 0 radical (unpaired) electrons. The maximum absolute atomic E-state index is 4.23. The Labute approximate surface area is 103 Å². The lowest BCUT2D eigenvalue weighted by atomic mass is 9.67. The molecule has 2 N–H and O–H groups in total. The van der Waals surface area contributed by atoms with E-state index in [0.717, 1.165) is 24.1 Å². The van der Waals surface area contributed by atoms with E-state index in [1.54, 1.807) is 6.33 Å². The van der Waals surface area contributed by atoms with Gasteiger partial charge in [-0.2, -0.15) is 0 Å². The van der Waals surface area contributed by atoms with Gasteiger partial charge in [-0.15, -0.1) is 0 Å². The molecule has 4 nitrogen and oxygen atoms in total. The third-order valence-electron chi connectivity index (χ3n) is 3.86. The van der Waals surface area contributed by atoms with Gasteiger partial charge < -0.3 is 10.6 Å². The lowest BCUT2D eigenvalue weighted by Gasteiger charge is -2.40. The molecule has 1 heterocycles. The van der Waals surface area contributed by atoms with Crippen molar-refractivity contribution in [3.63, 3.8) is 0 Å². The molecule has 0 spiro atoms. The lowest BCUT2D eigenvalue weighted by Crippen LogP contribution is -2.35. The molecule has 0 saturated heterocycles. The Hall–Kier alpha value is -1.32. The number of hydrogen-bond acceptors (Lipinski definition) is 4. The maximum atomic E-state index is 4.23. The van der Waals surface area contributed by atoms with Crippen molar-refractivity contribution in [3.05, 3.63) is 12.4 Å². The summed E-state index contributed by atoms with van der Waals surface area (Å²) < 4.78 is 0. The summed E-state index contributed by atoms with van der Waals surface area (Å²) in [6.07, 6.45) is 5.73. The van der Waals surface area contributed by atoms with Crippen LogP contribution in [0.1, 0.15) is 33.1 Å². The van der Waals surface area contributed by atoms with Gasteiger partial charge in [-0.1, -0.05) is 20.3 Å². The van der Waals surface area contributed by atoms with Crippen molar-refractivity contribution in [2.24, 2.45) is 11.3 Å². The molecular formula is C13H22N4. The Bertz CT molecular complexity index is 371. The molecule has 0 amide bonds. The monoisotopic (exact) mass is 234 g/mol. The van der Waals surface area contributed by atoms with E-state index in [-0.39, 0.29) is 0 Å². The Kier molecular flexibility index (Phi) is 3.50. The normalized spacial score (nSPS) is 16.4. The van der Waals surface area contributed by atoms with Crippen LogP contribution in [0.15, 0.2) is 12.4 Å². The van der Waals surface area contributed by atoms with Crippen LogP contribution >= 0.6 is 0 Å². The van der Waals surface area contributed by atoms with Crippen molar-refractivity contribution >= 4 is 11.6 Å². The van der Waals surface area contributed by atoms with Crippen molar-refractivity contribution in [1.29, 1.82) is 0 Å². The van der Waals surface area contributed by atoms with Gasteiger partial charge in [0.1, 0.15) is 18.0 Å². The minimum atomic E-state index is 0.350. The maximum Gasteiger partial charge on any atom is 0.131 e. The zero-order valence-corrected chi connectivity index (χ0v) is 11.0. The van der Waals surface area contributed by atoms with Crippen molar-refractivity contribution in [2.75, 3.05) is 24.2 Å². The Morgan fingerprint density at radius 2 is 2.00 bits per heavy atom. The van der Waals surface area contributed by atoms with Crippen LogP contribution in [0.25, 0.3) is 0 Å². The fourth-order valence-corrected chi connectivity index (χ4v) is 2.24. The van der Waals surface area contributed by atoms with Gasteiger partial charge in [0, 0.05) is 19.7 Å². The molecule has 94 valence electrons. The highest BCUT2D eigenvalue weighted by atomic mass is 15.1. The predicted molar refractivity (Wildman–Crippen MR) is 71.2 cm³/mol. The van der Waals surface area contributed by atoms with Gasteiger partial charge in [-0.25, -0.2) is 9.97 Å². The van der Waals surface area contributed by atoms with Gasteiger partial charge >= 0.3 is 0 Å². The summed E-state index contributed by atoms with van der Waals surface area (Å²) in [6.45, 7) is 5.64. The number of nitrogens with one attached hydrogen (secondary N) is 2. The summed E-state index contributed by atoms with van der Waals surface area (Å²) in [7, 11) is 1.87. The van der Waals surface area contributed by atoms with E-state index in [1.807, 2.05) is 13.1 Å². The highest BCUT2D eigenvalue weighted by molar-refractivity contribution is 5.45. The second kappa shape index (κ2) is 4.90. The van der Waals surface area contributed by atoms with Crippen molar-refractivity contribution in [1.82, 2.24) is 9.97 Å². The third kappa shape index (κ3) is 2.87. The molecule has 0 aromatic carbocycles. The minimum absolute atomic E-state index is 0.350. The second-order valence-electron chi connectivity index (χ2n) is 5.51. The molecule has 17 heavy (non-hydrogen) atoms. The fraction of sp³-hybridized carbons (Fsp3) is 0.692. The van der Waals surface area contributed by atoms with Gasteiger partial charge in [0.2, 0.25) is 0 Å². The molecule has 0 bridgehead atoms. The summed E-state index contributed by atoms with van der Waals surface area (Å²) in [5, 5.41) is 6.44. The standard InChI is InChI=1S/C13H22N4/c1-13(2,10-5-4-6-10)8-15-12-7-11(14-3)16-9-17-12/h7,9-10H,4-6,8H2,1-3H3,(H2,14,15,16,17). The smallest absolute Gasteiger partial charge is 0.131 e. The molecule has 4 heteroatoms. The van der Waals surface area contributed by atoms with E-state index in [1.165, 1.54) is 19.3 Å². The van der Waals surface area contributed by atoms with Gasteiger partial charge in [0.05, 0.1) is 0 Å². The first-order valence-electron chi connectivity index (χ1n) is 6.35. The Morgan fingerprint density at radius 1 is 1.29 bits per heavy atom. The third-order valence-corrected chi connectivity index (χ3v) is 3.86. The average Bonchev–Trinajstić information content (AvgIpc) is 2.24. The molecule has 2 rings (SSSR count). The summed E-state index contributed by atoms with van der Waals surface area (Å²) >= 11 is 0.